The summed E-state index contributed by atoms with van der Waals surface area (Å²) >= 11 is 9.33. The molecule has 102 valence electrons. The standard InChI is InChI=1S/C13H11BrClN5/c1-2-17-13-18-7-10(14)12(20-13)19-11-5-9(15)4-3-8(11)6-16/h3-5,7H,2H2,1H3,(H2,17,18,19,20). The summed E-state index contributed by atoms with van der Waals surface area (Å²) < 4.78 is 0.697. The molecule has 0 fully saturated rings. The van der Waals surface area contributed by atoms with Crippen LogP contribution in [0, 0.1) is 11.3 Å². The van der Waals surface area contributed by atoms with Crippen LogP contribution in [0.25, 0.3) is 0 Å². The molecule has 1 aromatic carbocycles. The lowest BCUT2D eigenvalue weighted by Crippen LogP contribution is -2.05. The van der Waals surface area contributed by atoms with Crippen LogP contribution in [0.15, 0.2) is 28.9 Å². The number of halogens is 2. The summed E-state index contributed by atoms with van der Waals surface area (Å²) in [5.41, 5.74) is 1.09. The topological polar surface area (TPSA) is 73.6 Å². The third-order valence-electron chi connectivity index (χ3n) is 2.43. The van der Waals surface area contributed by atoms with Crippen molar-refractivity contribution in [3.05, 3.63) is 39.5 Å². The van der Waals surface area contributed by atoms with Gasteiger partial charge in [-0.15, -0.1) is 0 Å². The molecule has 0 bridgehead atoms. The van der Waals surface area contributed by atoms with Gasteiger partial charge in [-0.25, -0.2) is 4.98 Å². The van der Waals surface area contributed by atoms with E-state index in [2.05, 4.69) is 42.6 Å². The van der Waals surface area contributed by atoms with Gasteiger partial charge in [0.05, 0.1) is 15.7 Å². The molecule has 5 nitrogen and oxygen atoms in total. The Morgan fingerprint density at radius 3 is 2.95 bits per heavy atom. The third-order valence-corrected chi connectivity index (χ3v) is 3.25. The van der Waals surface area contributed by atoms with E-state index in [0.29, 0.717) is 32.5 Å². The van der Waals surface area contributed by atoms with Crippen molar-refractivity contribution in [2.45, 2.75) is 6.92 Å². The molecule has 0 aliphatic rings. The molecular weight excluding hydrogens is 342 g/mol. The van der Waals surface area contributed by atoms with Gasteiger partial charge in [-0.1, -0.05) is 11.6 Å². The first kappa shape index (κ1) is 14.6. The van der Waals surface area contributed by atoms with Gasteiger partial charge in [0.1, 0.15) is 11.9 Å². The number of rotatable bonds is 4. The first-order chi connectivity index (χ1) is 9.63. The van der Waals surface area contributed by atoms with Gasteiger partial charge in [0, 0.05) is 17.8 Å². The Morgan fingerprint density at radius 2 is 2.25 bits per heavy atom. The van der Waals surface area contributed by atoms with E-state index >= 15 is 0 Å². The van der Waals surface area contributed by atoms with E-state index in [-0.39, 0.29) is 0 Å². The molecule has 20 heavy (non-hydrogen) atoms. The van der Waals surface area contributed by atoms with Crippen molar-refractivity contribution in [1.82, 2.24) is 9.97 Å². The maximum atomic E-state index is 9.11. The van der Waals surface area contributed by atoms with Gasteiger partial charge in [-0.3, -0.25) is 0 Å². The molecule has 0 saturated carbocycles. The normalized spacial score (nSPS) is 9.90. The van der Waals surface area contributed by atoms with Crippen molar-refractivity contribution < 1.29 is 0 Å². The molecule has 1 heterocycles. The smallest absolute Gasteiger partial charge is 0.224 e. The van der Waals surface area contributed by atoms with Gasteiger partial charge < -0.3 is 10.6 Å². The van der Waals surface area contributed by atoms with Crippen LogP contribution in [0.5, 0.6) is 0 Å². The van der Waals surface area contributed by atoms with Crippen molar-refractivity contribution in [2.24, 2.45) is 0 Å². The number of benzene rings is 1. The lowest BCUT2D eigenvalue weighted by atomic mass is 10.2. The molecule has 2 N–H and O–H groups in total. The number of nitrogens with one attached hydrogen (secondary N) is 2. The lowest BCUT2D eigenvalue weighted by molar-refractivity contribution is 1.08. The van der Waals surface area contributed by atoms with Gasteiger partial charge in [-0.2, -0.15) is 10.2 Å². The van der Waals surface area contributed by atoms with Crippen molar-refractivity contribution >= 4 is 45.0 Å². The highest BCUT2D eigenvalue weighted by atomic mass is 79.9. The number of hydrogen-bond acceptors (Lipinski definition) is 5. The van der Waals surface area contributed by atoms with E-state index in [9.17, 15) is 0 Å². The summed E-state index contributed by atoms with van der Waals surface area (Å²) in [5.74, 6) is 1.08. The quantitative estimate of drug-likeness (QED) is 0.872. The van der Waals surface area contributed by atoms with E-state index in [0.717, 1.165) is 6.54 Å². The van der Waals surface area contributed by atoms with Gasteiger partial charge in [-0.05, 0) is 41.1 Å². The third kappa shape index (κ3) is 3.38. The second kappa shape index (κ2) is 6.55. The second-order valence-corrected chi connectivity index (χ2v) is 5.14. The molecule has 0 spiro atoms. The van der Waals surface area contributed by atoms with E-state index in [1.165, 1.54) is 0 Å². The average molecular weight is 353 g/mol. The molecule has 0 saturated heterocycles. The molecule has 2 aromatic rings. The van der Waals surface area contributed by atoms with Crippen molar-refractivity contribution in [3.8, 4) is 6.07 Å². The summed E-state index contributed by atoms with van der Waals surface area (Å²) in [5, 5.41) is 15.8. The predicted molar refractivity (Wildman–Crippen MR) is 83.3 cm³/mol. The zero-order valence-corrected chi connectivity index (χ0v) is 13.0. The van der Waals surface area contributed by atoms with Crippen LogP contribution >= 0.6 is 27.5 Å². The van der Waals surface area contributed by atoms with Crippen LogP contribution < -0.4 is 10.6 Å². The highest BCUT2D eigenvalue weighted by molar-refractivity contribution is 9.10. The zero-order chi connectivity index (χ0) is 14.5. The Labute approximate surface area is 130 Å². The monoisotopic (exact) mass is 351 g/mol. The predicted octanol–water partition coefficient (Wildman–Crippen LogP) is 3.94. The van der Waals surface area contributed by atoms with Crippen molar-refractivity contribution in [3.63, 3.8) is 0 Å². The van der Waals surface area contributed by atoms with Crippen LogP contribution in [0.2, 0.25) is 5.02 Å². The SMILES string of the molecule is CCNc1ncc(Br)c(Nc2cc(Cl)ccc2C#N)n1. The summed E-state index contributed by atoms with van der Waals surface area (Å²) in [4.78, 5) is 8.46. The average Bonchev–Trinajstić information content (AvgIpc) is 2.43. The minimum Gasteiger partial charge on any atom is -0.354 e. The number of hydrogen-bond donors (Lipinski definition) is 2. The Bertz CT molecular complexity index is 668. The van der Waals surface area contributed by atoms with Gasteiger partial charge in [0.15, 0.2) is 0 Å². The summed E-state index contributed by atoms with van der Waals surface area (Å²) in [6, 6.07) is 7.12. The van der Waals surface area contributed by atoms with Crippen LogP contribution in [-0.2, 0) is 0 Å². The van der Waals surface area contributed by atoms with Crippen molar-refractivity contribution in [1.29, 1.82) is 5.26 Å². The number of nitrogens with zero attached hydrogens (tertiary/aromatic N) is 3. The Kier molecular flexibility index (Phi) is 4.77. The fourth-order valence-electron chi connectivity index (χ4n) is 1.54. The largest absolute Gasteiger partial charge is 0.354 e. The molecular formula is C13H11BrClN5. The maximum absolute atomic E-state index is 9.11. The minimum absolute atomic E-state index is 0.491. The summed E-state index contributed by atoms with van der Waals surface area (Å²) in [6.45, 7) is 2.69. The molecule has 0 aliphatic carbocycles. The maximum Gasteiger partial charge on any atom is 0.224 e. The van der Waals surface area contributed by atoms with Crippen LogP contribution in [-0.4, -0.2) is 16.5 Å². The Morgan fingerprint density at radius 1 is 1.45 bits per heavy atom. The highest BCUT2D eigenvalue weighted by Crippen LogP contribution is 2.27. The molecule has 0 radical (unpaired) electrons. The molecule has 2 rings (SSSR count). The molecule has 1 aromatic heterocycles. The van der Waals surface area contributed by atoms with E-state index in [4.69, 9.17) is 16.9 Å². The fourth-order valence-corrected chi connectivity index (χ4v) is 2.01. The van der Waals surface area contributed by atoms with Gasteiger partial charge >= 0.3 is 0 Å². The van der Waals surface area contributed by atoms with Gasteiger partial charge in [0.25, 0.3) is 0 Å². The van der Waals surface area contributed by atoms with E-state index < -0.39 is 0 Å². The number of nitriles is 1. The van der Waals surface area contributed by atoms with Crippen LogP contribution in [0.3, 0.4) is 0 Å². The number of anilines is 3. The number of aromatic nitrogens is 2. The van der Waals surface area contributed by atoms with Crippen molar-refractivity contribution in [2.75, 3.05) is 17.2 Å². The van der Waals surface area contributed by atoms with Crippen LogP contribution in [0.1, 0.15) is 12.5 Å². The molecule has 0 unspecified atom stereocenters. The lowest BCUT2D eigenvalue weighted by Gasteiger charge is -2.11. The molecule has 0 atom stereocenters. The van der Waals surface area contributed by atoms with E-state index in [1.54, 1.807) is 24.4 Å². The highest BCUT2D eigenvalue weighted by Gasteiger charge is 2.08. The Hall–Kier alpha value is -1.84. The fraction of sp³-hybridized carbons (Fsp3) is 0.154. The minimum atomic E-state index is 0.491. The first-order valence-corrected chi connectivity index (χ1v) is 7.04. The van der Waals surface area contributed by atoms with Gasteiger partial charge in [0.2, 0.25) is 5.95 Å². The summed E-state index contributed by atoms with van der Waals surface area (Å²) in [6.07, 6.45) is 1.64. The van der Waals surface area contributed by atoms with E-state index in [1.807, 2.05) is 6.92 Å². The second-order valence-electron chi connectivity index (χ2n) is 3.85. The molecule has 0 amide bonds. The van der Waals surface area contributed by atoms with Crippen LogP contribution in [0.4, 0.5) is 17.5 Å². The summed E-state index contributed by atoms with van der Waals surface area (Å²) in [7, 11) is 0. The first-order valence-electron chi connectivity index (χ1n) is 5.87. The zero-order valence-electron chi connectivity index (χ0n) is 10.6. The Balaban J connectivity index is 2.37. The molecule has 0 aliphatic heterocycles. The molecule has 7 heteroatoms.